The molecule has 0 bridgehead atoms. The van der Waals surface area contributed by atoms with Crippen molar-refractivity contribution in [3.63, 3.8) is 0 Å². The van der Waals surface area contributed by atoms with E-state index in [9.17, 15) is 24.8 Å². The number of rotatable bonds is 4. The normalized spacial score (nSPS) is 10.1. The molecule has 0 aliphatic rings. The summed E-state index contributed by atoms with van der Waals surface area (Å²) in [5.74, 6) is -1.86. The average molecular weight is 285 g/mol. The molecule has 0 unspecified atom stereocenters. The van der Waals surface area contributed by atoms with Crippen molar-refractivity contribution in [2.24, 2.45) is 0 Å². The topological polar surface area (TPSA) is 97.5 Å². The molecule has 1 N–H and O–H groups in total. The van der Waals surface area contributed by atoms with Crippen LogP contribution in [0.1, 0.15) is 31.8 Å². The average Bonchev–Trinajstić information content (AvgIpc) is 2.46. The number of nitro benzene ring substituents is 1. The maximum Gasteiger partial charge on any atom is 0.336 e. The maximum atomic E-state index is 12.4. The third kappa shape index (κ3) is 2.79. The molecule has 0 heterocycles. The SMILES string of the molecule is Cc1cc(C(=O)c2ccccc2)c(C(=O)O)cc1[N+](=O)[O-]. The highest BCUT2D eigenvalue weighted by Crippen LogP contribution is 2.25. The van der Waals surface area contributed by atoms with E-state index in [0.29, 0.717) is 5.56 Å². The van der Waals surface area contributed by atoms with Crippen molar-refractivity contribution in [2.45, 2.75) is 6.92 Å². The van der Waals surface area contributed by atoms with E-state index in [1.54, 1.807) is 30.3 Å². The van der Waals surface area contributed by atoms with Gasteiger partial charge in [0.2, 0.25) is 0 Å². The summed E-state index contributed by atoms with van der Waals surface area (Å²) in [6.45, 7) is 1.46. The van der Waals surface area contributed by atoms with Crippen molar-refractivity contribution in [3.05, 3.63) is 74.8 Å². The third-order valence-corrected chi connectivity index (χ3v) is 3.04. The lowest BCUT2D eigenvalue weighted by atomic mass is 9.95. The summed E-state index contributed by atoms with van der Waals surface area (Å²) >= 11 is 0. The maximum absolute atomic E-state index is 12.4. The lowest BCUT2D eigenvalue weighted by Gasteiger charge is -2.07. The Hall–Kier alpha value is -3.02. The van der Waals surface area contributed by atoms with Crippen LogP contribution in [-0.4, -0.2) is 21.8 Å². The van der Waals surface area contributed by atoms with Crippen LogP contribution in [0.3, 0.4) is 0 Å². The van der Waals surface area contributed by atoms with Gasteiger partial charge in [-0.25, -0.2) is 4.79 Å². The number of hydrogen-bond donors (Lipinski definition) is 1. The Morgan fingerprint density at radius 3 is 2.24 bits per heavy atom. The van der Waals surface area contributed by atoms with Gasteiger partial charge < -0.3 is 5.11 Å². The van der Waals surface area contributed by atoms with Crippen LogP contribution in [-0.2, 0) is 0 Å². The molecule has 2 rings (SSSR count). The molecule has 0 amide bonds. The molecule has 6 nitrogen and oxygen atoms in total. The lowest BCUT2D eigenvalue weighted by molar-refractivity contribution is -0.385. The van der Waals surface area contributed by atoms with Gasteiger partial charge in [0, 0.05) is 22.8 Å². The smallest absolute Gasteiger partial charge is 0.336 e. The largest absolute Gasteiger partial charge is 0.478 e. The van der Waals surface area contributed by atoms with Gasteiger partial charge in [0.1, 0.15) is 0 Å². The van der Waals surface area contributed by atoms with Crippen molar-refractivity contribution in [1.82, 2.24) is 0 Å². The van der Waals surface area contributed by atoms with Gasteiger partial charge in [-0.1, -0.05) is 30.3 Å². The molecular weight excluding hydrogens is 274 g/mol. The summed E-state index contributed by atoms with van der Waals surface area (Å²) in [6.07, 6.45) is 0. The molecule has 6 heteroatoms. The fourth-order valence-electron chi connectivity index (χ4n) is 2.00. The quantitative estimate of drug-likeness (QED) is 0.529. The van der Waals surface area contributed by atoms with E-state index in [4.69, 9.17) is 0 Å². The number of ketones is 1. The zero-order chi connectivity index (χ0) is 15.6. The second-order valence-electron chi connectivity index (χ2n) is 4.44. The van der Waals surface area contributed by atoms with Crippen molar-refractivity contribution in [3.8, 4) is 0 Å². The number of nitro groups is 1. The molecule has 2 aromatic rings. The van der Waals surface area contributed by atoms with Gasteiger partial charge in [-0.15, -0.1) is 0 Å². The standard InChI is InChI=1S/C15H11NO5/c1-9-7-11(14(17)10-5-3-2-4-6-10)12(15(18)19)8-13(9)16(20)21/h2-8H,1H3,(H,18,19). The van der Waals surface area contributed by atoms with Gasteiger partial charge in [0.05, 0.1) is 10.5 Å². The van der Waals surface area contributed by atoms with Crippen molar-refractivity contribution in [1.29, 1.82) is 0 Å². The van der Waals surface area contributed by atoms with Crippen LogP contribution in [0, 0.1) is 17.0 Å². The summed E-state index contributed by atoms with van der Waals surface area (Å²) < 4.78 is 0. The van der Waals surface area contributed by atoms with E-state index < -0.39 is 16.7 Å². The Balaban J connectivity index is 2.63. The molecule has 2 aromatic carbocycles. The van der Waals surface area contributed by atoms with Crippen LogP contribution in [0.5, 0.6) is 0 Å². The first-order valence-electron chi connectivity index (χ1n) is 6.04. The highest BCUT2D eigenvalue weighted by atomic mass is 16.6. The van der Waals surface area contributed by atoms with E-state index >= 15 is 0 Å². The lowest BCUT2D eigenvalue weighted by Crippen LogP contribution is -2.11. The number of carboxylic acids is 1. The molecule has 106 valence electrons. The van der Waals surface area contributed by atoms with Crippen LogP contribution in [0.15, 0.2) is 42.5 Å². The molecular formula is C15H11NO5. The molecule has 0 spiro atoms. The number of carboxylic acid groups (broad SMARTS) is 1. The van der Waals surface area contributed by atoms with Gasteiger partial charge in [-0.05, 0) is 13.0 Å². The monoisotopic (exact) mass is 285 g/mol. The zero-order valence-electron chi connectivity index (χ0n) is 11.1. The van der Waals surface area contributed by atoms with E-state index in [2.05, 4.69) is 0 Å². The van der Waals surface area contributed by atoms with Crippen LogP contribution < -0.4 is 0 Å². The van der Waals surface area contributed by atoms with Crippen LogP contribution >= 0.6 is 0 Å². The van der Waals surface area contributed by atoms with Gasteiger partial charge in [-0.3, -0.25) is 14.9 Å². The predicted octanol–water partition coefficient (Wildman–Crippen LogP) is 2.83. The van der Waals surface area contributed by atoms with Crippen LogP contribution in [0.2, 0.25) is 0 Å². The number of benzene rings is 2. The molecule has 0 radical (unpaired) electrons. The Labute approximate surface area is 119 Å². The Kier molecular flexibility index (Phi) is 3.80. The number of aromatic carboxylic acids is 1. The van der Waals surface area contributed by atoms with Gasteiger partial charge in [0.25, 0.3) is 5.69 Å². The molecule has 0 aromatic heterocycles. The minimum Gasteiger partial charge on any atom is -0.478 e. The minimum atomic E-state index is -1.38. The summed E-state index contributed by atoms with van der Waals surface area (Å²) in [5.41, 5.74) is -0.188. The molecule has 0 fully saturated rings. The Morgan fingerprint density at radius 1 is 1.10 bits per heavy atom. The second kappa shape index (κ2) is 5.54. The first-order chi connectivity index (χ1) is 9.91. The highest BCUT2D eigenvalue weighted by molar-refractivity contribution is 6.14. The molecule has 0 saturated heterocycles. The summed E-state index contributed by atoms with van der Waals surface area (Å²) in [5, 5.41) is 20.1. The first kappa shape index (κ1) is 14.4. The predicted molar refractivity (Wildman–Crippen MR) is 74.7 cm³/mol. The van der Waals surface area contributed by atoms with Crippen LogP contribution in [0.4, 0.5) is 5.69 Å². The molecule has 0 aliphatic heterocycles. The zero-order valence-corrected chi connectivity index (χ0v) is 11.1. The fraction of sp³-hybridized carbons (Fsp3) is 0.0667. The van der Waals surface area contributed by atoms with Crippen LogP contribution in [0.25, 0.3) is 0 Å². The summed E-state index contributed by atoms with van der Waals surface area (Å²) in [7, 11) is 0. The van der Waals surface area contributed by atoms with Crippen molar-refractivity contribution >= 4 is 17.4 Å². The molecule has 0 aliphatic carbocycles. The second-order valence-corrected chi connectivity index (χ2v) is 4.44. The summed E-state index contributed by atoms with van der Waals surface area (Å²) in [6, 6.07) is 10.3. The molecule has 21 heavy (non-hydrogen) atoms. The van der Waals surface area contributed by atoms with Gasteiger partial charge in [-0.2, -0.15) is 0 Å². The first-order valence-corrected chi connectivity index (χ1v) is 6.04. The number of carbonyl (C=O) groups is 2. The number of carbonyl (C=O) groups excluding carboxylic acids is 1. The fourth-order valence-corrected chi connectivity index (χ4v) is 2.00. The third-order valence-electron chi connectivity index (χ3n) is 3.04. The highest BCUT2D eigenvalue weighted by Gasteiger charge is 2.23. The van der Waals surface area contributed by atoms with Gasteiger partial charge >= 0.3 is 5.97 Å². The van der Waals surface area contributed by atoms with E-state index in [1.165, 1.54) is 13.0 Å². The number of aryl methyl sites for hydroxylation is 1. The summed E-state index contributed by atoms with van der Waals surface area (Å²) in [4.78, 5) is 33.8. The van der Waals surface area contributed by atoms with E-state index in [0.717, 1.165) is 6.07 Å². The number of nitrogens with zero attached hydrogens (tertiary/aromatic N) is 1. The van der Waals surface area contributed by atoms with E-state index in [-0.39, 0.29) is 22.4 Å². The van der Waals surface area contributed by atoms with Crippen molar-refractivity contribution in [2.75, 3.05) is 0 Å². The molecule has 0 atom stereocenters. The Morgan fingerprint density at radius 2 is 1.71 bits per heavy atom. The van der Waals surface area contributed by atoms with Gasteiger partial charge in [0.15, 0.2) is 5.78 Å². The molecule has 0 saturated carbocycles. The van der Waals surface area contributed by atoms with Crippen molar-refractivity contribution < 1.29 is 19.6 Å². The Bertz CT molecular complexity index is 737. The van der Waals surface area contributed by atoms with E-state index in [1.807, 2.05) is 0 Å². The minimum absolute atomic E-state index is 0.0585. The number of hydrogen-bond acceptors (Lipinski definition) is 4.